The summed E-state index contributed by atoms with van der Waals surface area (Å²) in [6.07, 6.45) is 4.07. The van der Waals surface area contributed by atoms with Gasteiger partial charge in [-0.1, -0.05) is 0 Å². The van der Waals surface area contributed by atoms with Gasteiger partial charge >= 0.3 is 0 Å². The molecule has 0 bridgehead atoms. The van der Waals surface area contributed by atoms with Crippen molar-refractivity contribution in [2.24, 2.45) is 11.8 Å². The summed E-state index contributed by atoms with van der Waals surface area (Å²) in [5.41, 5.74) is 0. The third kappa shape index (κ3) is 3.41. The van der Waals surface area contributed by atoms with Crippen LogP contribution in [0.15, 0.2) is 0 Å². The highest BCUT2D eigenvalue weighted by Gasteiger charge is 2.32. The van der Waals surface area contributed by atoms with Crippen LogP contribution in [-0.4, -0.2) is 32.2 Å². The van der Waals surface area contributed by atoms with E-state index in [0.717, 1.165) is 25.7 Å². The zero-order chi connectivity index (χ0) is 12.1. The van der Waals surface area contributed by atoms with E-state index in [1.807, 2.05) is 6.92 Å². The topological polar surface area (TPSA) is 51.5 Å². The molecule has 4 nitrogen and oxygen atoms in total. The van der Waals surface area contributed by atoms with Crippen LogP contribution in [0, 0.1) is 23.2 Å². The zero-order valence-corrected chi connectivity index (χ0v) is 10.4. The van der Waals surface area contributed by atoms with Crippen LogP contribution in [0.2, 0.25) is 0 Å². The van der Waals surface area contributed by atoms with E-state index in [2.05, 4.69) is 6.07 Å². The summed E-state index contributed by atoms with van der Waals surface area (Å²) < 4.78 is 16.9. The Labute approximate surface area is 103 Å². The van der Waals surface area contributed by atoms with Crippen molar-refractivity contribution in [1.29, 1.82) is 5.26 Å². The maximum Gasteiger partial charge on any atom is 0.160 e. The summed E-state index contributed by atoms with van der Waals surface area (Å²) in [6.45, 7) is 3.96. The molecule has 2 fully saturated rings. The summed E-state index contributed by atoms with van der Waals surface area (Å²) >= 11 is 0. The maximum atomic E-state index is 8.85. The van der Waals surface area contributed by atoms with E-state index in [9.17, 15) is 0 Å². The first-order valence-corrected chi connectivity index (χ1v) is 6.58. The lowest BCUT2D eigenvalue weighted by Gasteiger charge is -2.36. The van der Waals surface area contributed by atoms with E-state index in [0.29, 0.717) is 25.7 Å². The van der Waals surface area contributed by atoms with Gasteiger partial charge in [0.05, 0.1) is 19.3 Å². The Kier molecular flexibility index (Phi) is 4.78. The lowest BCUT2D eigenvalue weighted by atomic mass is 9.82. The van der Waals surface area contributed by atoms with Crippen LogP contribution < -0.4 is 0 Å². The van der Waals surface area contributed by atoms with Gasteiger partial charge in [0.25, 0.3) is 0 Å². The summed E-state index contributed by atoms with van der Waals surface area (Å²) in [5, 5.41) is 8.85. The van der Waals surface area contributed by atoms with Crippen molar-refractivity contribution in [2.75, 3.05) is 19.8 Å². The Morgan fingerprint density at radius 1 is 1.18 bits per heavy atom. The molecule has 96 valence electrons. The molecule has 1 aliphatic carbocycles. The average Bonchev–Trinajstić information content (AvgIpc) is 2.40. The minimum absolute atomic E-state index is 0.0775. The third-order valence-corrected chi connectivity index (χ3v) is 3.63. The number of ether oxygens (including phenoxy) is 3. The smallest absolute Gasteiger partial charge is 0.160 e. The number of rotatable bonds is 3. The van der Waals surface area contributed by atoms with E-state index in [4.69, 9.17) is 19.5 Å². The van der Waals surface area contributed by atoms with Gasteiger partial charge in [0.1, 0.15) is 6.10 Å². The summed E-state index contributed by atoms with van der Waals surface area (Å²) in [6, 6.07) is 2.35. The van der Waals surface area contributed by atoms with E-state index in [-0.39, 0.29) is 18.3 Å². The van der Waals surface area contributed by atoms with Crippen LogP contribution >= 0.6 is 0 Å². The minimum Gasteiger partial charge on any atom is -0.374 e. The second-order valence-corrected chi connectivity index (χ2v) is 4.85. The molecule has 0 aromatic carbocycles. The monoisotopic (exact) mass is 239 g/mol. The first-order valence-electron chi connectivity index (χ1n) is 6.58. The number of hydrogen-bond donors (Lipinski definition) is 0. The van der Waals surface area contributed by atoms with Crippen molar-refractivity contribution in [3.8, 4) is 6.07 Å². The number of nitrogens with zero attached hydrogens (tertiary/aromatic N) is 1. The highest BCUT2D eigenvalue weighted by Crippen LogP contribution is 2.33. The van der Waals surface area contributed by atoms with E-state index >= 15 is 0 Å². The molecule has 17 heavy (non-hydrogen) atoms. The molecule has 0 spiro atoms. The van der Waals surface area contributed by atoms with Crippen molar-refractivity contribution in [2.45, 2.75) is 45.0 Å². The van der Waals surface area contributed by atoms with Gasteiger partial charge < -0.3 is 14.2 Å². The van der Waals surface area contributed by atoms with Gasteiger partial charge in [-0.3, -0.25) is 0 Å². The predicted octanol–water partition coefficient (Wildman–Crippen LogP) is 2.09. The molecule has 0 aromatic heterocycles. The lowest BCUT2D eigenvalue weighted by Crippen LogP contribution is -2.41. The first kappa shape index (κ1) is 12.8. The Hall–Kier alpha value is -0.630. The van der Waals surface area contributed by atoms with Crippen molar-refractivity contribution in [1.82, 2.24) is 0 Å². The molecule has 4 heteroatoms. The Bertz CT molecular complexity index is 260. The highest BCUT2D eigenvalue weighted by molar-refractivity contribution is 4.88. The molecule has 2 aliphatic rings. The molecule has 2 rings (SSSR count). The van der Waals surface area contributed by atoms with Crippen molar-refractivity contribution < 1.29 is 14.2 Å². The van der Waals surface area contributed by atoms with Gasteiger partial charge in [-0.05, 0) is 32.6 Å². The fourth-order valence-electron chi connectivity index (χ4n) is 2.63. The normalized spacial score (nSPS) is 38.6. The fourth-order valence-corrected chi connectivity index (χ4v) is 2.63. The fraction of sp³-hybridized carbons (Fsp3) is 0.923. The summed E-state index contributed by atoms with van der Waals surface area (Å²) in [5.74, 6) is 0.702. The van der Waals surface area contributed by atoms with Crippen molar-refractivity contribution in [3.63, 3.8) is 0 Å². The van der Waals surface area contributed by atoms with Gasteiger partial charge in [-0.15, -0.1) is 0 Å². The molecule has 1 heterocycles. The van der Waals surface area contributed by atoms with Crippen LogP contribution in [0.5, 0.6) is 0 Å². The largest absolute Gasteiger partial charge is 0.374 e. The molecule has 0 N–H and O–H groups in total. The predicted molar refractivity (Wildman–Crippen MR) is 62.2 cm³/mol. The van der Waals surface area contributed by atoms with Gasteiger partial charge in [0, 0.05) is 18.4 Å². The lowest BCUT2D eigenvalue weighted by molar-refractivity contribution is -0.248. The summed E-state index contributed by atoms with van der Waals surface area (Å²) in [4.78, 5) is 0. The van der Waals surface area contributed by atoms with E-state index in [1.54, 1.807) is 0 Å². The molecule has 1 saturated carbocycles. The second kappa shape index (κ2) is 6.34. The minimum atomic E-state index is -0.0775. The van der Waals surface area contributed by atoms with Gasteiger partial charge in [0.2, 0.25) is 0 Å². The third-order valence-electron chi connectivity index (χ3n) is 3.63. The van der Waals surface area contributed by atoms with Gasteiger partial charge in [-0.25, -0.2) is 0 Å². The molecule has 0 atom stereocenters. The quantitative estimate of drug-likeness (QED) is 0.756. The van der Waals surface area contributed by atoms with Gasteiger partial charge in [0.15, 0.2) is 6.29 Å². The maximum absolute atomic E-state index is 8.85. The Balaban J connectivity index is 1.72. The van der Waals surface area contributed by atoms with Crippen molar-refractivity contribution in [3.05, 3.63) is 0 Å². The molecule has 1 saturated heterocycles. The van der Waals surface area contributed by atoms with E-state index in [1.165, 1.54) is 0 Å². The second-order valence-electron chi connectivity index (χ2n) is 4.85. The van der Waals surface area contributed by atoms with Crippen LogP contribution in [0.25, 0.3) is 0 Å². The molecular weight excluding hydrogens is 218 g/mol. The SMILES string of the molecule is CCO[C@H]1CO[C@H](C2CCC(C#N)CC2)OC1. The molecule has 1 aliphatic heterocycles. The first-order chi connectivity index (χ1) is 8.33. The Morgan fingerprint density at radius 3 is 2.35 bits per heavy atom. The number of hydrogen-bond acceptors (Lipinski definition) is 4. The van der Waals surface area contributed by atoms with E-state index < -0.39 is 0 Å². The molecule has 0 unspecified atom stereocenters. The van der Waals surface area contributed by atoms with Crippen molar-refractivity contribution >= 4 is 0 Å². The molecule has 0 aromatic rings. The molecule has 0 amide bonds. The molecular formula is C13H21NO3. The van der Waals surface area contributed by atoms with Crippen LogP contribution in [0.1, 0.15) is 32.6 Å². The van der Waals surface area contributed by atoms with Crippen LogP contribution in [-0.2, 0) is 14.2 Å². The van der Waals surface area contributed by atoms with Gasteiger partial charge in [-0.2, -0.15) is 5.26 Å². The number of nitriles is 1. The summed E-state index contributed by atoms with van der Waals surface area (Å²) in [7, 11) is 0. The van der Waals surface area contributed by atoms with Crippen LogP contribution in [0.4, 0.5) is 0 Å². The standard InChI is InChI=1S/C13H21NO3/c1-2-15-12-8-16-13(17-9-12)11-5-3-10(7-14)4-6-11/h10-13H,2-6,8-9H2,1H3/t10?,11?,12-,13-. The zero-order valence-electron chi connectivity index (χ0n) is 10.4. The molecule has 0 radical (unpaired) electrons. The Morgan fingerprint density at radius 2 is 1.82 bits per heavy atom. The highest BCUT2D eigenvalue weighted by atomic mass is 16.7. The average molecular weight is 239 g/mol. The van der Waals surface area contributed by atoms with Crippen LogP contribution in [0.3, 0.4) is 0 Å².